The molecular weight excluding hydrogens is 326 g/mol. The third-order valence-electron chi connectivity index (χ3n) is 2.60. The molecule has 0 bridgehead atoms. The van der Waals surface area contributed by atoms with Crippen LogP contribution in [0.1, 0.15) is 6.92 Å². The number of hydrazine groups is 1. The van der Waals surface area contributed by atoms with Crippen LogP contribution in [0.3, 0.4) is 0 Å². The second kappa shape index (κ2) is 7.15. The molecular formula is C14H12ClN3O3S. The van der Waals surface area contributed by atoms with Crippen molar-refractivity contribution in [2.24, 2.45) is 0 Å². The largest absolute Gasteiger partial charge is 0.297 e. The second-order valence-corrected chi connectivity index (χ2v) is 5.79. The van der Waals surface area contributed by atoms with E-state index in [1.807, 2.05) is 0 Å². The number of nitrogens with one attached hydrogen (secondary N) is 2. The van der Waals surface area contributed by atoms with E-state index < -0.39 is 4.92 Å². The van der Waals surface area contributed by atoms with Crippen molar-refractivity contribution in [2.75, 3.05) is 5.43 Å². The number of halogens is 1. The monoisotopic (exact) mass is 337 g/mol. The molecule has 22 heavy (non-hydrogen) atoms. The van der Waals surface area contributed by atoms with Crippen LogP contribution in [0.2, 0.25) is 5.02 Å². The first-order valence-corrected chi connectivity index (χ1v) is 7.40. The average Bonchev–Trinajstić information content (AvgIpc) is 2.46. The highest BCUT2D eigenvalue weighted by molar-refractivity contribution is 7.99. The number of carbonyl (C=O) groups excluding carboxylic acids is 1. The maximum Gasteiger partial charge on any atom is 0.283 e. The number of nitro benzene ring substituents is 1. The molecule has 0 aliphatic rings. The molecule has 0 heterocycles. The number of carbonyl (C=O) groups is 1. The molecule has 1 amide bonds. The molecule has 114 valence electrons. The number of rotatable bonds is 5. The normalized spacial score (nSPS) is 10.1. The highest BCUT2D eigenvalue weighted by Gasteiger charge is 2.15. The number of para-hydroxylation sites is 1. The molecule has 0 atom stereocenters. The van der Waals surface area contributed by atoms with Gasteiger partial charge in [0.05, 0.1) is 15.5 Å². The van der Waals surface area contributed by atoms with Gasteiger partial charge in [0, 0.05) is 22.9 Å². The first kappa shape index (κ1) is 16.1. The fourth-order valence-corrected chi connectivity index (χ4v) is 2.93. The number of benzene rings is 2. The molecule has 0 aliphatic carbocycles. The fourth-order valence-electron chi connectivity index (χ4n) is 1.65. The van der Waals surface area contributed by atoms with Gasteiger partial charge in [-0.15, -0.1) is 0 Å². The molecule has 6 nitrogen and oxygen atoms in total. The van der Waals surface area contributed by atoms with Gasteiger partial charge in [0.2, 0.25) is 5.91 Å². The molecule has 2 rings (SSSR count). The topological polar surface area (TPSA) is 84.3 Å². The van der Waals surface area contributed by atoms with Gasteiger partial charge in [0.1, 0.15) is 0 Å². The lowest BCUT2D eigenvalue weighted by atomic mass is 10.3. The van der Waals surface area contributed by atoms with Crippen LogP contribution in [-0.2, 0) is 4.79 Å². The number of hydrogen-bond acceptors (Lipinski definition) is 5. The van der Waals surface area contributed by atoms with Gasteiger partial charge in [-0.2, -0.15) is 0 Å². The molecule has 0 saturated heterocycles. The fraction of sp³-hybridized carbons (Fsp3) is 0.0714. The van der Waals surface area contributed by atoms with Crippen LogP contribution in [-0.4, -0.2) is 10.8 Å². The summed E-state index contributed by atoms with van der Waals surface area (Å²) in [5.41, 5.74) is 5.84. The summed E-state index contributed by atoms with van der Waals surface area (Å²) in [6.07, 6.45) is 0. The molecule has 0 aliphatic heterocycles. The van der Waals surface area contributed by atoms with Crippen LogP contribution >= 0.6 is 23.4 Å². The lowest BCUT2D eigenvalue weighted by molar-refractivity contribution is -0.387. The predicted octanol–water partition coefficient (Wildman–Crippen LogP) is 3.86. The lowest BCUT2D eigenvalue weighted by Gasteiger charge is -2.12. The minimum atomic E-state index is -0.437. The van der Waals surface area contributed by atoms with Crippen LogP contribution in [0.15, 0.2) is 52.3 Å². The van der Waals surface area contributed by atoms with E-state index >= 15 is 0 Å². The Bertz CT molecular complexity index is 724. The Morgan fingerprint density at radius 3 is 2.64 bits per heavy atom. The van der Waals surface area contributed by atoms with Gasteiger partial charge in [-0.1, -0.05) is 35.5 Å². The minimum absolute atomic E-state index is 0.0120. The van der Waals surface area contributed by atoms with E-state index in [0.717, 1.165) is 0 Å². The van der Waals surface area contributed by atoms with Crippen LogP contribution in [0, 0.1) is 10.1 Å². The van der Waals surface area contributed by atoms with Gasteiger partial charge >= 0.3 is 0 Å². The predicted molar refractivity (Wildman–Crippen MR) is 86.1 cm³/mol. The zero-order valence-electron chi connectivity index (χ0n) is 11.5. The van der Waals surface area contributed by atoms with Crippen molar-refractivity contribution in [2.45, 2.75) is 16.7 Å². The van der Waals surface area contributed by atoms with Crippen molar-refractivity contribution in [1.29, 1.82) is 0 Å². The number of amides is 1. The van der Waals surface area contributed by atoms with E-state index in [0.29, 0.717) is 20.5 Å². The molecule has 8 heteroatoms. The summed E-state index contributed by atoms with van der Waals surface area (Å²) in [5, 5.41) is 11.6. The Morgan fingerprint density at radius 1 is 1.23 bits per heavy atom. The molecule has 0 unspecified atom stereocenters. The van der Waals surface area contributed by atoms with Crippen LogP contribution < -0.4 is 10.9 Å². The van der Waals surface area contributed by atoms with E-state index in [9.17, 15) is 14.9 Å². The standard InChI is InChI=1S/C14H12ClN3O3S/c1-9(19)16-17-11-7-6-10(15)8-14(11)22-13-5-3-2-4-12(13)18(20)21/h2-8,17H,1H3,(H,16,19). The summed E-state index contributed by atoms with van der Waals surface area (Å²) in [7, 11) is 0. The Kier molecular flexibility index (Phi) is 5.24. The first-order chi connectivity index (χ1) is 10.5. The molecule has 2 aromatic carbocycles. The van der Waals surface area contributed by atoms with Crippen molar-refractivity contribution < 1.29 is 9.72 Å². The van der Waals surface area contributed by atoms with Crippen molar-refractivity contribution in [3.05, 3.63) is 57.6 Å². The smallest absolute Gasteiger partial charge is 0.283 e. The molecule has 2 aromatic rings. The molecule has 0 spiro atoms. The van der Waals surface area contributed by atoms with Gasteiger partial charge in [-0.25, -0.2) is 0 Å². The zero-order valence-corrected chi connectivity index (χ0v) is 13.1. The van der Waals surface area contributed by atoms with E-state index in [1.54, 1.807) is 36.4 Å². The first-order valence-electron chi connectivity index (χ1n) is 6.21. The third-order valence-corrected chi connectivity index (χ3v) is 3.96. The van der Waals surface area contributed by atoms with Crippen molar-refractivity contribution in [3.63, 3.8) is 0 Å². The van der Waals surface area contributed by atoms with E-state index in [1.165, 1.54) is 24.8 Å². The van der Waals surface area contributed by atoms with Gasteiger partial charge in [-0.05, 0) is 24.3 Å². The molecule has 2 N–H and O–H groups in total. The average molecular weight is 338 g/mol. The van der Waals surface area contributed by atoms with Gasteiger partial charge in [0.15, 0.2) is 0 Å². The van der Waals surface area contributed by atoms with E-state index in [4.69, 9.17) is 11.6 Å². The number of nitro groups is 1. The van der Waals surface area contributed by atoms with Crippen LogP contribution in [0.25, 0.3) is 0 Å². The maximum atomic E-state index is 11.1. The quantitative estimate of drug-likeness (QED) is 0.639. The molecule has 0 saturated carbocycles. The van der Waals surface area contributed by atoms with Gasteiger partial charge in [-0.3, -0.25) is 25.8 Å². The van der Waals surface area contributed by atoms with Gasteiger partial charge < -0.3 is 0 Å². The van der Waals surface area contributed by atoms with Crippen LogP contribution in [0.5, 0.6) is 0 Å². The lowest BCUT2D eigenvalue weighted by Crippen LogP contribution is -2.26. The van der Waals surface area contributed by atoms with Crippen LogP contribution in [0.4, 0.5) is 11.4 Å². The Hall–Kier alpha value is -2.25. The van der Waals surface area contributed by atoms with Crippen molar-refractivity contribution >= 4 is 40.6 Å². The maximum absolute atomic E-state index is 11.1. The Morgan fingerprint density at radius 2 is 1.95 bits per heavy atom. The van der Waals surface area contributed by atoms with Crippen molar-refractivity contribution in [3.8, 4) is 0 Å². The number of anilines is 1. The SMILES string of the molecule is CC(=O)NNc1ccc(Cl)cc1Sc1ccccc1[N+](=O)[O-]. The zero-order chi connectivity index (χ0) is 16.1. The number of hydrogen-bond donors (Lipinski definition) is 2. The second-order valence-electron chi connectivity index (χ2n) is 4.27. The minimum Gasteiger partial charge on any atom is -0.297 e. The van der Waals surface area contributed by atoms with E-state index in [2.05, 4.69) is 10.9 Å². The molecule has 0 aromatic heterocycles. The third kappa shape index (κ3) is 4.12. The molecule has 0 fully saturated rings. The highest BCUT2D eigenvalue weighted by Crippen LogP contribution is 2.39. The Labute approximate surface area is 136 Å². The Balaban J connectivity index is 2.34. The summed E-state index contributed by atoms with van der Waals surface area (Å²) in [5.74, 6) is -0.253. The summed E-state index contributed by atoms with van der Waals surface area (Å²) < 4.78 is 0. The molecule has 0 radical (unpaired) electrons. The van der Waals surface area contributed by atoms with Gasteiger partial charge in [0.25, 0.3) is 5.69 Å². The summed E-state index contributed by atoms with van der Waals surface area (Å²) >= 11 is 7.18. The van der Waals surface area contributed by atoms with E-state index in [-0.39, 0.29) is 11.6 Å². The summed E-state index contributed by atoms with van der Waals surface area (Å²) in [4.78, 5) is 22.8. The summed E-state index contributed by atoms with van der Waals surface area (Å²) in [6, 6.07) is 11.5. The highest BCUT2D eigenvalue weighted by atomic mass is 35.5. The summed E-state index contributed by atoms with van der Waals surface area (Å²) in [6.45, 7) is 1.37. The number of nitrogens with zero attached hydrogens (tertiary/aromatic N) is 1. The van der Waals surface area contributed by atoms with Crippen molar-refractivity contribution in [1.82, 2.24) is 5.43 Å².